The summed E-state index contributed by atoms with van der Waals surface area (Å²) in [5.74, 6) is -1.42. The first-order valence-corrected chi connectivity index (χ1v) is 15.6. The Morgan fingerprint density at radius 2 is 1.72 bits per heavy atom. The fraction of sp³-hybridized carbons (Fsp3) is 0.312. The summed E-state index contributed by atoms with van der Waals surface area (Å²) in [6, 6.07) is 21.3. The third-order valence-electron chi connectivity index (χ3n) is 7.93. The summed E-state index contributed by atoms with van der Waals surface area (Å²) in [7, 11) is -3.06. The molecule has 0 unspecified atom stereocenters. The standard InChI is InChI=1S/C32H35F2N5O3S/c1-22-28(36-26-16-18-38(19-17-26)23(2)25-8-5-4-6-9-25)20-35-32(31(22)34)43(40,41)39(30-11-7-10-29(33)37-30)21-24-12-14-27(42-3)15-13-24/h4-15,20,23,26,36H,16-19,21H2,1-3H3/t23-/m1/s1. The fourth-order valence-corrected chi connectivity index (χ4v) is 6.74. The van der Waals surface area contributed by atoms with E-state index in [4.69, 9.17) is 4.74 Å². The Hall–Kier alpha value is -4.09. The number of rotatable bonds is 10. The largest absolute Gasteiger partial charge is 0.497 e. The number of sulfonamides is 1. The zero-order valence-electron chi connectivity index (χ0n) is 24.4. The summed E-state index contributed by atoms with van der Waals surface area (Å²) in [6.07, 6.45) is 3.05. The van der Waals surface area contributed by atoms with Gasteiger partial charge in [-0.05, 0) is 62.1 Å². The van der Waals surface area contributed by atoms with Gasteiger partial charge in [-0.15, -0.1) is 0 Å². The second-order valence-electron chi connectivity index (χ2n) is 10.6. The predicted octanol–water partition coefficient (Wildman–Crippen LogP) is 6.10. The van der Waals surface area contributed by atoms with Crippen molar-refractivity contribution >= 4 is 21.5 Å². The lowest BCUT2D eigenvalue weighted by molar-refractivity contribution is 0.167. The lowest BCUT2D eigenvalue weighted by Gasteiger charge is -2.37. The van der Waals surface area contributed by atoms with Crippen molar-refractivity contribution in [2.75, 3.05) is 29.8 Å². The number of piperidine rings is 1. The molecule has 0 radical (unpaired) electrons. The smallest absolute Gasteiger partial charge is 0.286 e. The molecule has 2 aromatic carbocycles. The molecule has 0 amide bonds. The number of anilines is 2. The number of likely N-dealkylation sites (tertiary alicyclic amines) is 1. The Labute approximate surface area is 251 Å². The van der Waals surface area contributed by atoms with Gasteiger partial charge in [0.25, 0.3) is 10.0 Å². The molecule has 8 nitrogen and oxygen atoms in total. The first-order valence-electron chi connectivity index (χ1n) is 14.2. The zero-order chi connectivity index (χ0) is 30.6. The van der Waals surface area contributed by atoms with Crippen LogP contribution in [0.25, 0.3) is 0 Å². The second kappa shape index (κ2) is 13.0. The van der Waals surface area contributed by atoms with Crippen LogP contribution in [0.5, 0.6) is 5.75 Å². The van der Waals surface area contributed by atoms with Crippen molar-refractivity contribution in [2.45, 2.75) is 50.3 Å². The number of hydrogen-bond acceptors (Lipinski definition) is 7. The number of hydrogen-bond donors (Lipinski definition) is 1. The molecule has 1 fully saturated rings. The molecule has 11 heteroatoms. The van der Waals surface area contributed by atoms with E-state index in [9.17, 15) is 12.8 Å². The SMILES string of the molecule is COc1ccc(CN(c2cccc(F)n2)S(=O)(=O)c2ncc(NC3CCN([C@H](C)c4ccccc4)CC3)c(C)c2F)cc1. The molecule has 5 rings (SSSR count). The van der Waals surface area contributed by atoms with Crippen molar-refractivity contribution < 1.29 is 21.9 Å². The highest BCUT2D eigenvalue weighted by molar-refractivity contribution is 7.92. The molecule has 0 spiro atoms. The summed E-state index contributed by atoms with van der Waals surface area (Å²) >= 11 is 0. The van der Waals surface area contributed by atoms with Gasteiger partial charge in [-0.1, -0.05) is 48.5 Å². The Morgan fingerprint density at radius 3 is 2.37 bits per heavy atom. The Bertz CT molecular complexity index is 1650. The van der Waals surface area contributed by atoms with Crippen LogP contribution in [-0.2, 0) is 16.6 Å². The van der Waals surface area contributed by atoms with Crippen LogP contribution in [0.3, 0.4) is 0 Å². The van der Waals surface area contributed by atoms with Crippen molar-refractivity contribution in [1.29, 1.82) is 0 Å². The van der Waals surface area contributed by atoms with Crippen LogP contribution >= 0.6 is 0 Å². The number of aromatic nitrogens is 2. The van der Waals surface area contributed by atoms with E-state index < -0.39 is 26.8 Å². The predicted molar refractivity (Wildman–Crippen MR) is 163 cm³/mol. The van der Waals surface area contributed by atoms with Gasteiger partial charge in [-0.3, -0.25) is 4.90 Å². The van der Waals surface area contributed by atoms with E-state index in [1.165, 1.54) is 37.9 Å². The van der Waals surface area contributed by atoms with Crippen molar-refractivity contribution in [3.05, 3.63) is 107 Å². The average molecular weight is 608 g/mol. The normalized spacial score (nSPS) is 15.2. The molecule has 4 aromatic rings. The number of ether oxygens (including phenoxy) is 1. The van der Waals surface area contributed by atoms with Crippen LogP contribution in [0, 0.1) is 18.7 Å². The van der Waals surface area contributed by atoms with Crippen LogP contribution in [0.1, 0.15) is 42.5 Å². The molecule has 0 aliphatic carbocycles. The molecule has 1 atom stereocenters. The maximum absolute atomic E-state index is 15.8. The third kappa shape index (κ3) is 6.78. The van der Waals surface area contributed by atoms with E-state index >= 15 is 4.39 Å². The van der Waals surface area contributed by atoms with E-state index in [1.807, 2.05) is 18.2 Å². The molecular weight excluding hydrogens is 572 g/mol. The number of methoxy groups -OCH3 is 1. The Morgan fingerprint density at radius 1 is 1.02 bits per heavy atom. The molecule has 0 bridgehead atoms. The molecule has 0 saturated carbocycles. The van der Waals surface area contributed by atoms with Gasteiger partial charge in [0.05, 0.1) is 25.5 Å². The van der Waals surface area contributed by atoms with Crippen LogP contribution in [0.15, 0.2) is 84.0 Å². The molecule has 1 aliphatic heterocycles. The first-order chi connectivity index (χ1) is 20.7. The summed E-state index contributed by atoms with van der Waals surface area (Å²) in [5, 5.41) is 2.63. The molecule has 2 aromatic heterocycles. The number of nitrogens with one attached hydrogen (secondary N) is 1. The van der Waals surface area contributed by atoms with Gasteiger partial charge >= 0.3 is 0 Å². The Balaban J connectivity index is 1.35. The van der Waals surface area contributed by atoms with Gasteiger partial charge in [-0.25, -0.2) is 18.7 Å². The molecule has 43 heavy (non-hydrogen) atoms. The fourth-order valence-electron chi connectivity index (χ4n) is 5.30. The van der Waals surface area contributed by atoms with Gasteiger partial charge in [0.1, 0.15) is 11.6 Å². The van der Waals surface area contributed by atoms with Gasteiger partial charge in [-0.2, -0.15) is 12.8 Å². The highest BCUT2D eigenvalue weighted by Crippen LogP contribution is 2.31. The van der Waals surface area contributed by atoms with Gasteiger partial charge in [0.15, 0.2) is 5.82 Å². The molecule has 1 aliphatic rings. The number of benzene rings is 2. The molecular formula is C32H35F2N5O3S. The minimum absolute atomic E-state index is 0.0876. The van der Waals surface area contributed by atoms with Gasteiger partial charge in [0.2, 0.25) is 11.0 Å². The molecule has 3 heterocycles. The van der Waals surface area contributed by atoms with Crippen molar-refractivity contribution in [2.24, 2.45) is 0 Å². The van der Waals surface area contributed by atoms with Gasteiger partial charge < -0.3 is 10.1 Å². The van der Waals surface area contributed by atoms with E-state index in [-0.39, 0.29) is 24.0 Å². The van der Waals surface area contributed by atoms with Crippen LogP contribution in [0.4, 0.5) is 20.3 Å². The van der Waals surface area contributed by atoms with Crippen molar-refractivity contribution in [1.82, 2.24) is 14.9 Å². The van der Waals surface area contributed by atoms with Crippen LogP contribution < -0.4 is 14.4 Å². The van der Waals surface area contributed by atoms with Crippen LogP contribution in [0.2, 0.25) is 0 Å². The monoisotopic (exact) mass is 607 g/mol. The lowest BCUT2D eigenvalue weighted by atomic mass is 10.00. The Kier molecular flexibility index (Phi) is 9.22. The number of pyridine rings is 2. The second-order valence-corrected chi connectivity index (χ2v) is 12.4. The average Bonchev–Trinajstić information content (AvgIpc) is 3.02. The highest BCUT2D eigenvalue weighted by atomic mass is 32.2. The van der Waals surface area contributed by atoms with E-state index in [1.54, 1.807) is 24.3 Å². The maximum atomic E-state index is 15.8. The number of halogens is 2. The summed E-state index contributed by atoms with van der Waals surface area (Å²) in [5.41, 5.74) is 2.42. The molecule has 226 valence electrons. The summed E-state index contributed by atoms with van der Waals surface area (Å²) in [6.45, 7) is 5.25. The molecule has 1 N–H and O–H groups in total. The van der Waals surface area contributed by atoms with E-state index in [2.05, 4.69) is 39.2 Å². The quantitative estimate of drug-likeness (QED) is 0.218. The summed E-state index contributed by atoms with van der Waals surface area (Å²) < 4.78 is 63.7. The minimum atomic E-state index is -4.58. The van der Waals surface area contributed by atoms with E-state index in [0.29, 0.717) is 23.0 Å². The topological polar surface area (TPSA) is 87.7 Å². The zero-order valence-corrected chi connectivity index (χ0v) is 25.2. The van der Waals surface area contributed by atoms with E-state index in [0.717, 1.165) is 36.3 Å². The molecule has 1 saturated heterocycles. The first kappa shape index (κ1) is 30.4. The lowest BCUT2D eigenvalue weighted by Crippen LogP contribution is -2.40. The third-order valence-corrected chi connectivity index (χ3v) is 9.60. The van der Waals surface area contributed by atoms with Gasteiger partial charge in [0, 0.05) is 30.7 Å². The maximum Gasteiger partial charge on any atom is 0.286 e. The van der Waals surface area contributed by atoms with Crippen LogP contribution in [-0.4, -0.2) is 49.5 Å². The minimum Gasteiger partial charge on any atom is -0.497 e. The highest BCUT2D eigenvalue weighted by Gasteiger charge is 2.33. The van der Waals surface area contributed by atoms with Crippen molar-refractivity contribution in [3.63, 3.8) is 0 Å². The summed E-state index contributed by atoms with van der Waals surface area (Å²) in [4.78, 5) is 10.3. The van der Waals surface area contributed by atoms with Crippen molar-refractivity contribution in [3.8, 4) is 5.75 Å². The number of nitrogens with zero attached hydrogens (tertiary/aromatic N) is 4.